The van der Waals surface area contributed by atoms with E-state index in [1.54, 1.807) is 0 Å². The molecule has 1 heterocycles. The van der Waals surface area contributed by atoms with E-state index in [9.17, 15) is 5.11 Å². The third-order valence-corrected chi connectivity index (χ3v) is 3.57. The first-order valence-electron chi connectivity index (χ1n) is 6.52. The summed E-state index contributed by atoms with van der Waals surface area (Å²) in [5, 5.41) is 10.2. The summed E-state index contributed by atoms with van der Waals surface area (Å²) in [7, 11) is 0. The quantitative estimate of drug-likeness (QED) is 0.866. The molecule has 0 radical (unpaired) electrons. The van der Waals surface area contributed by atoms with Gasteiger partial charge in [0.15, 0.2) is 0 Å². The third kappa shape index (κ3) is 3.30. The van der Waals surface area contributed by atoms with Crippen LogP contribution in [0, 0.1) is 5.92 Å². The van der Waals surface area contributed by atoms with E-state index in [-0.39, 0.29) is 6.10 Å². The van der Waals surface area contributed by atoms with Crippen molar-refractivity contribution in [1.29, 1.82) is 0 Å². The molecule has 2 atom stereocenters. The van der Waals surface area contributed by atoms with Crippen LogP contribution in [-0.2, 0) is 4.74 Å². The lowest BCUT2D eigenvalue weighted by atomic mass is 9.94. The fraction of sp³-hybridized carbons (Fsp3) is 0.600. The average molecular weight is 234 g/mol. The molecule has 0 aromatic heterocycles. The highest BCUT2D eigenvalue weighted by Gasteiger charge is 2.20. The van der Waals surface area contributed by atoms with Crippen molar-refractivity contribution in [2.75, 3.05) is 13.2 Å². The molecule has 2 heteroatoms. The molecule has 2 unspecified atom stereocenters. The minimum atomic E-state index is -0.345. The second kappa shape index (κ2) is 5.65. The minimum absolute atomic E-state index is 0.345. The molecule has 0 spiro atoms. The summed E-state index contributed by atoms with van der Waals surface area (Å²) in [6, 6.07) is 8.34. The molecule has 1 saturated heterocycles. The van der Waals surface area contributed by atoms with Crippen molar-refractivity contribution in [3.63, 3.8) is 0 Å². The first-order chi connectivity index (χ1) is 8.16. The van der Waals surface area contributed by atoms with E-state index in [0.717, 1.165) is 31.6 Å². The third-order valence-electron chi connectivity index (χ3n) is 3.57. The van der Waals surface area contributed by atoms with Gasteiger partial charge in [0.1, 0.15) is 0 Å². The highest BCUT2D eigenvalue weighted by molar-refractivity contribution is 5.26. The van der Waals surface area contributed by atoms with Crippen LogP contribution in [0.1, 0.15) is 49.8 Å². The van der Waals surface area contributed by atoms with Crippen LogP contribution in [0.2, 0.25) is 0 Å². The van der Waals surface area contributed by atoms with Crippen LogP contribution in [0.4, 0.5) is 0 Å². The molecule has 17 heavy (non-hydrogen) atoms. The summed E-state index contributed by atoms with van der Waals surface area (Å²) in [5.41, 5.74) is 2.35. The highest BCUT2D eigenvalue weighted by Crippen LogP contribution is 2.27. The topological polar surface area (TPSA) is 29.5 Å². The van der Waals surface area contributed by atoms with Gasteiger partial charge in [0.2, 0.25) is 0 Å². The smallest absolute Gasteiger partial charge is 0.0793 e. The summed E-state index contributed by atoms with van der Waals surface area (Å²) < 4.78 is 5.33. The molecule has 1 aliphatic rings. The zero-order chi connectivity index (χ0) is 12.3. The lowest BCUT2D eigenvalue weighted by Crippen LogP contribution is -2.07. The first-order valence-corrected chi connectivity index (χ1v) is 6.52. The molecule has 1 aliphatic heterocycles. The molecular weight excluding hydrogens is 212 g/mol. The Kier molecular flexibility index (Phi) is 4.19. The number of hydrogen-bond donors (Lipinski definition) is 1. The molecule has 0 bridgehead atoms. The van der Waals surface area contributed by atoms with Crippen LogP contribution in [0.15, 0.2) is 24.3 Å². The van der Waals surface area contributed by atoms with Gasteiger partial charge in [0.05, 0.1) is 6.10 Å². The van der Waals surface area contributed by atoms with Gasteiger partial charge in [-0.2, -0.15) is 0 Å². The van der Waals surface area contributed by atoms with Crippen molar-refractivity contribution in [3.8, 4) is 0 Å². The molecular formula is C15H22O2. The Hall–Kier alpha value is -0.860. The summed E-state index contributed by atoms with van der Waals surface area (Å²) in [6.07, 6.45) is 1.56. The maximum atomic E-state index is 10.2. The molecule has 1 aromatic carbocycles. The zero-order valence-electron chi connectivity index (χ0n) is 10.7. The predicted molar refractivity (Wildman–Crippen MR) is 69.0 cm³/mol. The van der Waals surface area contributed by atoms with Gasteiger partial charge >= 0.3 is 0 Å². The van der Waals surface area contributed by atoms with Crippen molar-refractivity contribution in [1.82, 2.24) is 0 Å². The molecule has 0 amide bonds. The zero-order valence-corrected chi connectivity index (χ0v) is 10.7. The number of aliphatic hydroxyl groups excluding tert-OH is 1. The molecule has 1 aromatic rings. The number of aliphatic hydroxyl groups is 1. The Labute approximate surface area is 104 Å². The monoisotopic (exact) mass is 234 g/mol. The van der Waals surface area contributed by atoms with Gasteiger partial charge in [-0.05, 0) is 35.8 Å². The van der Waals surface area contributed by atoms with Gasteiger partial charge in [-0.1, -0.05) is 38.1 Å². The highest BCUT2D eigenvalue weighted by atomic mass is 16.5. The van der Waals surface area contributed by atoms with Crippen LogP contribution in [0.3, 0.4) is 0 Å². The standard InChI is InChI=1S/C15H22O2/c1-11(2)13-3-5-14(6-4-13)15(16)9-12-7-8-17-10-12/h3-6,11-12,15-16H,7-10H2,1-2H3. The van der Waals surface area contributed by atoms with Gasteiger partial charge in [-0.3, -0.25) is 0 Å². The fourth-order valence-corrected chi connectivity index (χ4v) is 2.32. The van der Waals surface area contributed by atoms with Gasteiger partial charge in [-0.15, -0.1) is 0 Å². The van der Waals surface area contributed by atoms with Crippen LogP contribution < -0.4 is 0 Å². The summed E-state index contributed by atoms with van der Waals surface area (Å²) in [5.74, 6) is 1.07. The summed E-state index contributed by atoms with van der Waals surface area (Å²) in [6.45, 7) is 6.02. The lowest BCUT2D eigenvalue weighted by molar-refractivity contribution is 0.129. The van der Waals surface area contributed by atoms with Gasteiger partial charge in [0.25, 0.3) is 0 Å². The fourth-order valence-electron chi connectivity index (χ4n) is 2.32. The Bertz CT molecular complexity index is 336. The van der Waals surface area contributed by atoms with Gasteiger partial charge < -0.3 is 9.84 Å². The van der Waals surface area contributed by atoms with E-state index in [1.807, 2.05) is 0 Å². The number of hydrogen-bond acceptors (Lipinski definition) is 2. The van der Waals surface area contributed by atoms with Crippen LogP contribution in [0.5, 0.6) is 0 Å². The first kappa shape index (κ1) is 12.6. The van der Waals surface area contributed by atoms with Crippen molar-refractivity contribution in [3.05, 3.63) is 35.4 Å². The molecule has 94 valence electrons. The number of benzene rings is 1. The van der Waals surface area contributed by atoms with Crippen molar-refractivity contribution in [2.45, 2.75) is 38.7 Å². The molecule has 0 aliphatic carbocycles. The van der Waals surface area contributed by atoms with Gasteiger partial charge in [-0.25, -0.2) is 0 Å². The van der Waals surface area contributed by atoms with Crippen LogP contribution in [-0.4, -0.2) is 18.3 Å². The van der Waals surface area contributed by atoms with Crippen molar-refractivity contribution < 1.29 is 9.84 Å². The molecule has 2 rings (SSSR count). The normalized spacial score (nSPS) is 22.0. The Morgan fingerprint density at radius 2 is 1.88 bits per heavy atom. The predicted octanol–water partition coefficient (Wildman–Crippen LogP) is 3.27. The largest absolute Gasteiger partial charge is 0.388 e. The van der Waals surface area contributed by atoms with Crippen LogP contribution >= 0.6 is 0 Å². The second-order valence-electron chi connectivity index (χ2n) is 5.30. The van der Waals surface area contributed by atoms with E-state index in [1.165, 1.54) is 5.56 Å². The summed E-state index contributed by atoms with van der Waals surface area (Å²) in [4.78, 5) is 0. The van der Waals surface area contributed by atoms with E-state index in [2.05, 4.69) is 38.1 Å². The SMILES string of the molecule is CC(C)c1ccc(C(O)CC2CCOC2)cc1. The van der Waals surface area contributed by atoms with E-state index in [4.69, 9.17) is 4.74 Å². The molecule has 2 nitrogen and oxygen atoms in total. The van der Waals surface area contributed by atoms with Crippen molar-refractivity contribution >= 4 is 0 Å². The minimum Gasteiger partial charge on any atom is -0.388 e. The average Bonchev–Trinajstić information content (AvgIpc) is 2.82. The molecule has 1 fully saturated rings. The Morgan fingerprint density at radius 3 is 2.41 bits per heavy atom. The molecule has 1 N–H and O–H groups in total. The number of rotatable bonds is 4. The van der Waals surface area contributed by atoms with E-state index >= 15 is 0 Å². The van der Waals surface area contributed by atoms with Gasteiger partial charge in [0, 0.05) is 13.2 Å². The Morgan fingerprint density at radius 1 is 1.24 bits per heavy atom. The van der Waals surface area contributed by atoms with Crippen LogP contribution in [0.25, 0.3) is 0 Å². The Balaban J connectivity index is 1.96. The lowest BCUT2D eigenvalue weighted by Gasteiger charge is -2.15. The second-order valence-corrected chi connectivity index (χ2v) is 5.30. The maximum Gasteiger partial charge on any atom is 0.0793 e. The van der Waals surface area contributed by atoms with Crippen molar-refractivity contribution in [2.24, 2.45) is 5.92 Å². The molecule has 0 saturated carbocycles. The maximum absolute atomic E-state index is 10.2. The van der Waals surface area contributed by atoms with E-state index < -0.39 is 0 Å². The number of ether oxygens (including phenoxy) is 1. The summed E-state index contributed by atoms with van der Waals surface area (Å²) >= 11 is 0. The van der Waals surface area contributed by atoms with E-state index in [0.29, 0.717) is 11.8 Å².